The van der Waals surface area contributed by atoms with Gasteiger partial charge in [0, 0.05) is 17.0 Å². The summed E-state index contributed by atoms with van der Waals surface area (Å²) >= 11 is 1.52. The van der Waals surface area contributed by atoms with Crippen molar-refractivity contribution < 1.29 is 14.3 Å². The van der Waals surface area contributed by atoms with E-state index in [1.54, 1.807) is 4.90 Å². The molecule has 1 aliphatic heterocycles. The van der Waals surface area contributed by atoms with Gasteiger partial charge in [-0.25, -0.2) is 4.79 Å². The molecule has 0 aliphatic carbocycles. The summed E-state index contributed by atoms with van der Waals surface area (Å²) in [7, 11) is 0. The van der Waals surface area contributed by atoms with Crippen molar-refractivity contribution in [2.75, 3.05) is 12.3 Å². The molecule has 0 aromatic carbocycles. The lowest BCUT2D eigenvalue weighted by Crippen LogP contribution is -2.39. The van der Waals surface area contributed by atoms with Crippen LogP contribution >= 0.6 is 11.3 Å². The largest absolute Gasteiger partial charge is 0.444 e. The fourth-order valence-electron chi connectivity index (χ4n) is 2.73. The number of ether oxygens (including phenoxy) is 1. The van der Waals surface area contributed by atoms with E-state index in [4.69, 9.17) is 10.5 Å². The third-order valence-corrected chi connectivity index (χ3v) is 4.75. The van der Waals surface area contributed by atoms with Gasteiger partial charge in [0.1, 0.15) is 11.4 Å². The molecule has 1 amide bonds. The number of hydrogen-bond donors (Lipinski definition) is 1. The van der Waals surface area contributed by atoms with Crippen LogP contribution in [-0.2, 0) is 24.1 Å². The van der Waals surface area contributed by atoms with E-state index in [0.29, 0.717) is 31.0 Å². The van der Waals surface area contributed by atoms with Crippen LogP contribution in [0.2, 0.25) is 0 Å². The SMILES string of the molecule is CC(C)(C)OC(=O)N1CCc2c(nn(C(=O)Cc3cccs3)c2N)C1. The van der Waals surface area contributed by atoms with E-state index in [9.17, 15) is 9.59 Å². The van der Waals surface area contributed by atoms with E-state index in [0.717, 1.165) is 10.4 Å². The molecule has 25 heavy (non-hydrogen) atoms. The number of anilines is 1. The van der Waals surface area contributed by atoms with E-state index in [1.807, 2.05) is 38.3 Å². The minimum Gasteiger partial charge on any atom is -0.444 e. The predicted molar refractivity (Wildman–Crippen MR) is 95.6 cm³/mol. The summed E-state index contributed by atoms with van der Waals surface area (Å²) in [5, 5.41) is 6.29. The third-order valence-electron chi connectivity index (χ3n) is 3.87. The first-order valence-corrected chi connectivity index (χ1v) is 9.02. The van der Waals surface area contributed by atoms with Gasteiger partial charge in [0.2, 0.25) is 0 Å². The Morgan fingerprint density at radius 2 is 2.16 bits per heavy atom. The first-order chi connectivity index (χ1) is 11.7. The Kier molecular flexibility index (Phi) is 4.55. The van der Waals surface area contributed by atoms with Crippen molar-refractivity contribution in [2.24, 2.45) is 0 Å². The van der Waals surface area contributed by atoms with Gasteiger partial charge in [0.15, 0.2) is 0 Å². The highest BCUT2D eigenvalue weighted by molar-refractivity contribution is 7.10. The molecule has 0 unspecified atom stereocenters. The van der Waals surface area contributed by atoms with Gasteiger partial charge in [0.05, 0.1) is 18.7 Å². The molecule has 0 radical (unpaired) electrons. The van der Waals surface area contributed by atoms with E-state index in [1.165, 1.54) is 16.0 Å². The summed E-state index contributed by atoms with van der Waals surface area (Å²) in [6.45, 7) is 6.29. The minimum absolute atomic E-state index is 0.168. The summed E-state index contributed by atoms with van der Waals surface area (Å²) < 4.78 is 6.67. The highest BCUT2D eigenvalue weighted by atomic mass is 32.1. The van der Waals surface area contributed by atoms with E-state index in [-0.39, 0.29) is 18.4 Å². The number of nitrogens with two attached hydrogens (primary N) is 1. The average molecular weight is 362 g/mol. The van der Waals surface area contributed by atoms with Crippen molar-refractivity contribution in [3.63, 3.8) is 0 Å². The van der Waals surface area contributed by atoms with Gasteiger partial charge in [0.25, 0.3) is 5.91 Å². The fraction of sp³-hybridized carbons (Fsp3) is 0.471. The van der Waals surface area contributed by atoms with Crippen LogP contribution in [0.4, 0.5) is 10.6 Å². The Hall–Kier alpha value is -2.35. The van der Waals surface area contributed by atoms with Gasteiger partial charge < -0.3 is 15.4 Å². The minimum atomic E-state index is -0.549. The van der Waals surface area contributed by atoms with Gasteiger partial charge in [-0.2, -0.15) is 9.78 Å². The van der Waals surface area contributed by atoms with Crippen LogP contribution in [0.3, 0.4) is 0 Å². The first kappa shape index (κ1) is 17.5. The van der Waals surface area contributed by atoms with Crippen LogP contribution in [0.25, 0.3) is 0 Å². The Bertz CT molecular complexity index is 790. The van der Waals surface area contributed by atoms with Crippen molar-refractivity contribution in [3.05, 3.63) is 33.6 Å². The Labute approximate surface area is 150 Å². The predicted octanol–water partition coefficient (Wildman–Crippen LogP) is 2.70. The number of rotatable bonds is 2. The molecule has 134 valence electrons. The molecule has 2 aromatic rings. The highest BCUT2D eigenvalue weighted by Gasteiger charge is 2.30. The maximum atomic E-state index is 12.5. The molecule has 8 heteroatoms. The molecule has 3 rings (SSSR count). The normalized spacial score (nSPS) is 14.3. The van der Waals surface area contributed by atoms with Gasteiger partial charge in [-0.05, 0) is 38.6 Å². The van der Waals surface area contributed by atoms with Gasteiger partial charge >= 0.3 is 6.09 Å². The van der Waals surface area contributed by atoms with Crippen LogP contribution < -0.4 is 5.73 Å². The van der Waals surface area contributed by atoms with E-state index in [2.05, 4.69) is 5.10 Å². The third kappa shape index (κ3) is 3.84. The lowest BCUT2D eigenvalue weighted by atomic mass is 10.1. The molecule has 3 heterocycles. The standard InChI is InChI=1S/C17H22N4O3S/c1-17(2,3)24-16(23)20-7-6-12-13(10-20)19-21(15(12)18)14(22)9-11-5-4-8-25-11/h4-5,8H,6-7,9-10,18H2,1-3H3. The van der Waals surface area contributed by atoms with Crippen molar-refractivity contribution >= 4 is 29.2 Å². The van der Waals surface area contributed by atoms with Crippen LogP contribution in [0.15, 0.2) is 17.5 Å². The number of fused-ring (bicyclic) bond motifs is 1. The molecular weight excluding hydrogens is 340 g/mol. The van der Waals surface area contributed by atoms with Crippen LogP contribution in [0, 0.1) is 0 Å². The van der Waals surface area contributed by atoms with Crippen LogP contribution in [0.1, 0.15) is 41.7 Å². The highest BCUT2D eigenvalue weighted by Crippen LogP contribution is 2.25. The summed E-state index contributed by atoms with van der Waals surface area (Å²) in [5.74, 6) is 0.207. The quantitative estimate of drug-likeness (QED) is 0.887. The summed E-state index contributed by atoms with van der Waals surface area (Å²) in [5.41, 5.74) is 7.08. The van der Waals surface area contributed by atoms with Gasteiger partial charge in [-0.1, -0.05) is 6.07 Å². The number of carbonyl (C=O) groups excluding carboxylic acids is 2. The van der Waals surface area contributed by atoms with Crippen molar-refractivity contribution in [2.45, 2.75) is 45.8 Å². The van der Waals surface area contributed by atoms with Crippen LogP contribution in [-0.4, -0.2) is 38.8 Å². The molecule has 0 bridgehead atoms. The fourth-order valence-corrected chi connectivity index (χ4v) is 3.42. The number of amides is 1. The van der Waals surface area contributed by atoms with Gasteiger partial charge in [-0.15, -0.1) is 11.3 Å². The maximum absolute atomic E-state index is 12.5. The molecule has 2 N–H and O–H groups in total. The van der Waals surface area contributed by atoms with Crippen molar-refractivity contribution in [3.8, 4) is 0 Å². The van der Waals surface area contributed by atoms with Crippen molar-refractivity contribution in [1.82, 2.24) is 14.7 Å². The molecular formula is C17H22N4O3S. The lowest BCUT2D eigenvalue weighted by molar-refractivity contribution is 0.0221. The molecule has 2 aromatic heterocycles. The monoisotopic (exact) mass is 362 g/mol. The van der Waals surface area contributed by atoms with E-state index >= 15 is 0 Å². The second-order valence-corrected chi connectivity index (χ2v) is 8.06. The zero-order chi connectivity index (χ0) is 18.2. The van der Waals surface area contributed by atoms with Gasteiger partial charge in [-0.3, -0.25) is 4.79 Å². The number of hydrogen-bond acceptors (Lipinski definition) is 6. The molecule has 0 atom stereocenters. The summed E-state index contributed by atoms with van der Waals surface area (Å²) in [6.07, 6.45) is 0.446. The van der Waals surface area contributed by atoms with Crippen LogP contribution in [0.5, 0.6) is 0 Å². The number of nitrogen functional groups attached to an aromatic ring is 1. The number of carbonyl (C=O) groups is 2. The Balaban J connectivity index is 1.75. The molecule has 1 aliphatic rings. The zero-order valence-electron chi connectivity index (χ0n) is 14.6. The summed E-state index contributed by atoms with van der Waals surface area (Å²) in [6, 6.07) is 3.82. The molecule has 0 saturated heterocycles. The lowest BCUT2D eigenvalue weighted by Gasteiger charge is -2.29. The number of aromatic nitrogens is 2. The van der Waals surface area contributed by atoms with Crippen molar-refractivity contribution in [1.29, 1.82) is 0 Å². The molecule has 0 spiro atoms. The molecule has 0 fully saturated rings. The maximum Gasteiger partial charge on any atom is 0.410 e. The van der Waals surface area contributed by atoms with E-state index < -0.39 is 5.60 Å². The number of nitrogens with zero attached hydrogens (tertiary/aromatic N) is 3. The summed E-state index contributed by atoms with van der Waals surface area (Å²) in [4.78, 5) is 27.3. The second kappa shape index (κ2) is 6.51. The molecule has 7 nitrogen and oxygen atoms in total. The second-order valence-electron chi connectivity index (χ2n) is 7.02. The zero-order valence-corrected chi connectivity index (χ0v) is 15.4. The number of thiophene rings is 1. The Morgan fingerprint density at radius 3 is 2.80 bits per heavy atom. The first-order valence-electron chi connectivity index (χ1n) is 8.14. The topological polar surface area (TPSA) is 90.5 Å². The average Bonchev–Trinajstić information content (AvgIpc) is 3.13. The molecule has 0 saturated carbocycles. The Morgan fingerprint density at radius 1 is 1.40 bits per heavy atom. The smallest absolute Gasteiger partial charge is 0.410 e.